The smallest absolute Gasteiger partial charge is 0.418 e. The SMILES string of the molecule is O=C(COC(=O)CN1C(=O)c2ccccc2C1=O)Nc1ccc(Cl)cc1C(F)(F)F. The van der Waals surface area contributed by atoms with Gasteiger partial charge in [-0.2, -0.15) is 13.2 Å². The number of benzene rings is 2. The Hall–Kier alpha value is -3.40. The predicted octanol–water partition coefficient (Wildman–Crippen LogP) is 3.14. The van der Waals surface area contributed by atoms with E-state index in [4.69, 9.17) is 11.6 Å². The number of hydrogen-bond donors (Lipinski definition) is 1. The number of hydrogen-bond acceptors (Lipinski definition) is 5. The van der Waals surface area contributed by atoms with Gasteiger partial charge in [0.2, 0.25) is 0 Å². The van der Waals surface area contributed by atoms with Gasteiger partial charge in [-0.25, -0.2) is 0 Å². The van der Waals surface area contributed by atoms with Crippen LogP contribution in [0.5, 0.6) is 0 Å². The van der Waals surface area contributed by atoms with E-state index in [1.807, 2.05) is 5.32 Å². The quantitative estimate of drug-likeness (QED) is 0.569. The number of imide groups is 1. The topological polar surface area (TPSA) is 92.8 Å². The molecule has 1 heterocycles. The highest BCUT2D eigenvalue weighted by Gasteiger charge is 2.37. The van der Waals surface area contributed by atoms with Crippen LogP contribution in [0.15, 0.2) is 42.5 Å². The molecule has 0 unspecified atom stereocenters. The van der Waals surface area contributed by atoms with E-state index in [9.17, 15) is 32.3 Å². The van der Waals surface area contributed by atoms with Crippen LogP contribution in [0.4, 0.5) is 18.9 Å². The summed E-state index contributed by atoms with van der Waals surface area (Å²) in [6.45, 7) is -1.66. The van der Waals surface area contributed by atoms with Crippen molar-refractivity contribution in [3.8, 4) is 0 Å². The van der Waals surface area contributed by atoms with Crippen molar-refractivity contribution in [1.82, 2.24) is 4.90 Å². The van der Waals surface area contributed by atoms with Crippen LogP contribution < -0.4 is 5.32 Å². The molecule has 1 aliphatic heterocycles. The van der Waals surface area contributed by atoms with Crippen LogP contribution in [0, 0.1) is 0 Å². The Bertz CT molecular complexity index is 1020. The monoisotopic (exact) mass is 440 g/mol. The zero-order valence-corrected chi connectivity index (χ0v) is 15.7. The molecule has 2 aromatic rings. The summed E-state index contributed by atoms with van der Waals surface area (Å²) in [6.07, 6.45) is -4.77. The van der Waals surface area contributed by atoms with E-state index < -0.39 is 54.3 Å². The summed E-state index contributed by atoms with van der Waals surface area (Å²) in [5.74, 6) is -3.49. The van der Waals surface area contributed by atoms with Gasteiger partial charge in [-0.15, -0.1) is 0 Å². The minimum atomic E-state index is -4.77. The van der Waals surface area contributed by atoms with E-state index in [-0.39, 0.29) is 16.1 Å². The molecule has 0 saturated carbocycles. The molecule has 0 aromatic heterocycles. The van der Waals surface area contributed by atoms with Gasteiger partial charge in [0, 0.05) is 5.02 Å². The number of fused-ring (bicyclic) bond motifs is 1. The highest BCUT2D eigenvalue weighted by Crippen LogP contribution is 2.36. The standard InChI is InChI=1S/C19H12ClF3N2O5/c20-10-5-6-14(13(7-10)19(21,22)23)24-15(26)9-30-16(27)8-25-17(28)11-3-1-2-4-12(11)18(25)29/h1-7H,8-9H2,(H,24,26). The molecule has 11 heteroatoms. The average molecular weight is 441 g/mol. The fraction of sp³-hybridized carbons (Fsp3) is 0.158. The molecule has 7 nitrogen and oxygen atoms in total. The lowest BCUT2D eigenvalue weighted by molar-refractivity contribution is -0.147. The molecule has 0 saturated heterocycles. The first-order valence-corrected chi connectivity index (χ1v) is 8.73. The van der Waals surface area contributed by atoms with Crippen molar-refractivity contribution in [2.24, 2.45) is 0 Å². The summed E-state index contributed by atoms with van der Waals surface area (Å²) in [4.78, 5) is 48.8. The lowest BCUT2D eigenvalue weighted by atomic mass is 10.1. The summed E-state index contributed by atoms with van der Waals surface area (Å²) >= 11 is 5.56. The molecule has 0 fully saturated rings. The number of nitrogens with one attached hydrogen (secondary N) is 1. The molecular formula is C19H12ClF3N2O5. The van der Waals surface area contributed by atoms with E-state index in [0.29, 0.717) is 11.0 Å². The number of nitrogens with zero attached hydrogens (tertiary/aromatic N) is 1. The van der Waals surface area contributed by atoms with Crippen LogP contribution >= 0.6 is 11.6 Å². The van der Waals surface area contributed by atoms with Crippen molar-refractivity contribution in [1.29, 1.82) is 0 Å². The van der Waals surface area contributed by atoms with Gasteiger partial charge in [0.05, 0.1) is 22.4 Å². The third-order valence-corrected chi connectivity index (χ3v) is 4.33. The lowest BCUT2D eigenvalue weighted by Crippen LogP contribution is -2.36. The van der Waals surface area contributed by atoms with Crippen LogP contribution in [0.3, 0.4) is 0 Å². The third-order valence-electron chi connectivity index (χ3n) is 4.09. The summed E-state index contributed by atoms with van der Waals surface area (Å²) < 4.78 is 43.8. The Balaban J connectivity index is 1.58. The van der Waals surface area contributed by atoms with Crippen LogP contribution in [-0.2, 0) is 20.5 Å². The summed E-state index contributed by atoms with van der Waals surface area (Å²) in [6, 6.07) is 8.73. The first kappa shape index (κ1) is 21.3. The molecule has 0 atom stereocenters. The van der Waals surface area contributed by atoms with Crippen LogP contribution in [0.25, 0.3) is 0 Å². The molecule has 2 aromatic carbocycles. The van der Waals surface area contributed by atoms with E-state index in [1.54, 1.807) is 12.1 Å². The van der Waals surface area contributed by atoms with Crippen LogP contribution in [-0.4, -0.2) is 41.7 Å². The van der Waals surface area contributed by atoms with Crippen molar-refractivity contribution in [3.63, 3.8) is 0 Å². The van der Waals surface area contributed by atoms with Gasteiger partial charge in [0.1, 0.15) is 6.54 Å². The number of ether oxygens (including phenoxy) is 1. The highest BCUT2D eigenvalue weighted by atomic mass is 35.5. The Kier molecular flexibility index (Phi) is 5.79. The minimum Gasteiger partial charge on any atom is -0.454 e. The molecule has 0 aliphatic carbocycles. The van der Waals surface area contributed by atoms with Gasteiger partial charge >= 0.3 is 12.1 Å². The van der Waals surface area contributed by atoms with Crippen LogP contribution in [0.1, 0.15) is 26.3 Å². The van der Waals surface area contributed by atoms with Crippen molar-refractivity contribution in [2.75, 3.05) is 18.5 Å². The average Bonchev–Trinajstić information content (AvgIpc) is 2.92. The number of esters is 1. The van der Waals surface area contributed by atoms with Crippen LogP contribution in [0.2, 0.25) is 5.02 Å². The van der Waals surface area contributed by atoms with Gasteiger partial charge in [0.15, 0.2) is 6.61 Å². The van der Waals surface area contributed by atoms with Gasteiger partial charge in [-0.1, -0.05) is 23.7 Å². The molecule has 1 N–H and O–H groups in total. The molecule has 0 spiro atoms. The van der Waals surface area contributed by atoms with Gasteiger partial charge in [0.25, 0.3) is 17.7 Å². The number of alkyl halides is 3. The number of carbonyl (C=O) groups is 4. The summed E-state index contributed by atoms with van der Waals surface area (Å²) in [5, 5.41) is 1.81. The number of amides is 3. The highest BCUT2D eigenvalue weighted by molar-refractivity contribution is 6.30. The van der Waals surface area contributed by atoms with Crippen molar-refractivity contribution >= 4 is 41.0 Å². The molecule has 30 heavy (non-hydrogen) atoms. The fourth-order valence-electron chi connectivity index (χ4n) is 2.75. The van der Waals surface area contributed by atoms with E-state index in [0.717, 1.165) is 12.1 Å². The Morgan fingerprint density at radius 3 is 2.20 bits per heavy atom. The van der Waals surface area contributed by atoms with Crippen molar-refractivity contribution in [2.45, 2.75) is 6.18 Å². The molecule has 1 aliphatic rings. The Morgan fingerprint density at radius 2 is 1.63 bits per heavy atom. The zero-order valence-electron chi connectivity index (χ0n) is 15.0. The number of rotatable bonds is 5. The first-order valence-electron chi connectivity index (χ1n) is 8.35. The minimum absolute atomic E-state index is 0.135. The van der Waals surface area contributed by atoms with Crippen molar-refractivity contribution < 1.29 is 37.1 Å². The summed E-state index contributed by atoms with van der Waals surface area (Å²) in [5.41, 5.74) is -1.46. The maximum absolute atomic E-state index is 13.0. The number of carbonyl (C=O) groups excluding carboxylic acids is 4. The van der Waals surface area contributed by atoms with Gasteiger partial charge in [-0.05, 0) is 30.3 Å². The molecule has 3 amide bonds. The lowest BCUT2D eigenvalue weighted by Gasteiger charge is -2.15. The second-order valence-electron chi connectivity index (χ2n) is 6.14. The van der Waals surface area contributed by atoms with Crippen molar-refractivity contribution in [3.05, 3.63) is 64.2 Å². The maximum Gasteiger partial charge on any atom is 0.418 e. The Morgan fingerprint density at radius 1 is 1.03 bits per heavy atom. The van der Waals surface area contributed by atoms with E-state index in [2.05, 4.69) is 4.74 Å². The Labute approximate surface area is 172 Å². The fourth-order valence-corrected chi connectivity index (χ4v) is 2.92. The third kappa shape index (κ3) is 4.43. The number of anilines is 1. The summed E-state index contributed by atoms with van der Waals surface area (Å²) in [7, 11) is 0. The van der Waals surface area contributed by atoms with Gasteiger partial charge in [-0.3, -0.25) is 24.1 Å². The molecule has 3 rings (SSSR count). The van der Waals surface area contributed by atoms with E-state index >= 15 is 0 Å². The predicted molar refractivity (Wildman–Crippen MR) is 97.9 cm³/mol. The second kappa shape index (κ2) is 8.15. The van der Waals surface area contributed by atoms with Gasteiger partial charge < -0.3 is 10.1 Å². The molecule has 0 radical (unpaired) electrons. The molecule has 156 valence electrons. The first-order chi connectivity index (χ1) is 14.1. The maximum atomic E-state index is 13.0. The zero-order chi connectivity index (χ0) is 22.1. The molecule has 0 bridgehead atoms. The molecular weight excluding hydrogens is 429 g/mol. The largest absolute Gasteiger partial charge is 0.454 e. The number of halogens is 4. The van der Waals surface area contributed by atoms with E-state index in [1.165, 1.54) is 12.1 Å². The normalized spacial score (nSPS) is 13.3. The second-order valence-corrected chi connectivity index (χ2v) is 6.57.